The maximum Gasteiger partial charge on any atom is 0.212 e. The van der Waals surface area contributed by atoms with E-state index in [4.69, 9.17) is 0 Å². The normalized spacial score (nSPS) is 11.7. The predicted octanol–water partition coefficient (Wildman–Crippen LogP) is 1.91. The van der Waals surface area contributed by atoms with Gasteiger partial charge in [-0.25, -0.2) is 13.1 Å². The summed E-state index contributed by atoms with van der Waals surface area (Å²) in [7, 11) is -1.76. The zero-order valence-corrected chi connectivity index (χ0v) is 12.8. The highest BCUT2D eigenvalue weighted by atomic mass is 32.2. The van der Waals surface area contributed by atoms with Crippen LogP contribution in [0.3, 0.4) is 0 Å². The van der Waals surface area contributed by atoms with Crippen molar-refractivity contribution in [1.82, 2.24) is 10.0 Å². The maximum atomic E-state index is 11.5. The van der Waals surface area contributed by atoms with Crippen molar-refractivity contribution >= 4 is 10.0 Å². The number of benzene rings is 2. The van der Waals surface area contributed by atoms with Crippen molar-refractivity contribution < 1.29 is 8.42 Å². The average molecular weight is 304 g/mol. The van der Waals surface area contributed by atoms with Gasteiger partial charge in [0.25, 0.3) is 0 Å². The highest BCUT2D eigenvalue weighted by Gasteiger charge is 2.14. The van der Waals surface area contributed by atoms with Crippen LogP contribution in [0.5, 0.6) is 0 Å². The molecule has 2 aromatic carbocycles. The first kappa shape index (κ1) is 15.7. The minimum absolute atomic E-state index is 0.0144. The van der Waals surface area contributed by atoms with E-state index < -0.39 is 10.0 Å². The van der Waals surface area contributed by atoms with Crippen molar-refractivity contribution in [1.29, 1.82) is 0 Å². The summed E-state index contributed by atoms with van der Waals surface area (Å²) >= 11 is 0. The molecular weight excluding hydrogens is 284 g/mol. The molecule has 112 valence electrons. The third-order valence-corrected chi connectivity index (χ3v) is 4.66. The van der Waals surface area contributed by atoms with E-state index in [1.54, 1.807) is 0 Å². The van der Waals surface area contributed by atoms with Gasteiger partial charge >= 0.3 is 0 Å². The molecule has 2 rings (SSSR count). The molecule has 2 N–H and O–H groups in total. The third-order valence-electron chi connectivity index (χ3n) is 3.30. The van der Waals surface area contributed by atoms with Crippen LogP contribution < -0.4 is 10.0 Å². The molecule has 0 aliphatic carbocycles. The molecular formula is C16H20N2O2S. The summed E-state index contributed by atoms with van der Waals surface area (Å²) in [5.74, 6) is 0.0552. The highest BCUT2D eigenvalue weighted by Crippen LogP contribution is 2.21. The molecule has 0 amide bonds. The summed E-state index contributed by atoms with van der Waals surface area (Å²) in [5.41, 5.74) is 2.23. The molecule has 0 bridgehead atoms. The fourth-order valence-electron chi connectivity index (χ4n) is 2.16. The van der Waals surface area contributed by atoms with E-state index in [1.165, 1.54) is 7.05 Å². The summed E-state index contributed by atoms with van der Waals surface area (Å²) in [5, 5.41) is 3.32. The lowest BCUT2D eigenvalue weighted by atomic mass is 9.99. The maximum absolute atomic E-state index is 11.5. The minimum Gasteiger partial charge on any atom is -0.305 e. The van der Waals surface area contributed by atoms with Crippen molar-refractivity contribution in [2.75, 3.05) is 19.3 Å². The summed E-state index contributed by atoms with van der Waals surface area (Å²) in [6.45, 7) is 0.387. The Morgan fingerprint density at radius 3 is 1.81 bits per heavy atom. The second-order valence-corrected chi connectivity index (χ2v) is 6.78. The highest BCUT2D eigenvalue weighted by molar-refractivity contribution is 7.89. The molecule has 4 nitrogen and oxygen atoms in total. The molecule has 5 heteroatoms. The topological polar surface area (TPSA) is 58.2 Å². The zero-order valence-electron chi connectivity index (χ0n) is 12.0. The van der Waals surface area contributed by atoms with Crippen molar-refractivity contribution in [2.45, 2.75) is 6.04 Å². The Hall–Kier alpha value is -1.69. The third kappa shape index (κ3) is 4.67. The Morgan fingerprint density at radius 2 is 1.38 bits per heavy atom. The van der Waals surface area contributed by atoms with Crippen LogP contribution in [0.25, 0.3) is 0 Å². The molecule has 0 fully saturated rings. The lowest BCUT2D eigenvalue weighted by molar-refractivity contribution is 0.575. The van der Waals surface area contributed by atoms with Crippen LogP contribution in [-0.2, 0) is 10.0 Å². The number of sulfonamides is 1. The molecule has 0 atom stereocenters. The average Bonchev–Trinajstić information content (AvgIpc) is 2.53. The summed E-state index contributed by atoms with van der Waals surface area (Å²) in [6.07, 6.45) is 0. The molecule has 0 aliphatic heterocycles. The van der Waals surface area contributed by atoms with E-state index in [0.717, 1.165) is 11.1 Å². The molecule has 0 aliphatic rings. The largest absolute Gasteiger partial charge is 0.305 e. The number of hydrogen-bond acceptors (Lipinski definition) is 3. The van der Waals surface area contributed by atoms with Crippen molar-refractivity contribution in [3.05, 3.63) is 71.8 Å². The van der Waals surface area contributed by atoms with Crippen LogP contribution in [0.4, 0.5) is 0 Å². The zero-order chi connectivity index (χ0) is 15.1. The van der Waals surface area contributed by atoms with E-state index >= 15 is 0 Å². The molecule has 0 saturated heterocycles. The summed E-state index contributed by atoms with van der Waals surface area (Å²) in [6, 6.07) is 20.0. The van der Waals surface area contributed by atoms with Crippen LogP contribution in [0, 0.1) is 0 Å². The molecule has 0 radical (unpaired) electrons. The van der Waals surface area contributed by atoms with Gasteiger partial charge in [0.1, 0.15) is 0 Å². The van der Waals surface area contributed by atoms with Gasteiger partial charge in [0.2, 0.25) is 10.0 Å². The Balaban J connectivity index is 2.14. The van der Waals surface area contributed by atoms with E-state index in [2.05, 4.69) is 10.0 Å². The quantitative estimate of drug-likeness (QED) is 0.821. The molecule has 0 unspecified atom stereocenters. The van der Waals surface area contributed by atoms with Gasteiger partial charge in [0.05, 0.1) is 11.8 Å². The first-order chi connectivity index (χ1) is 10.1. The van der Waals surface area contributed by atoms with Crippen molar-refractivity contribution in [3.63, 3.8) is 0 Å². The first-order valence-corrected chi connectivity index (χ1v) is 8.52. The van der Waals surface area contributed by atoms with Gasteiger partial charge in [-0.3, -0.25) is 0 Å². The fourth-order valence-corrected chi connectivity index (χ4v) is 2.75. The van der Waals surface area contributed by atoms with Gasteiger partial charge in [-0.15, -0.1) is 0 Å². The predicted molar refractivity (Wildman–Crippen MR) is 85.6 cm³/mol. The van der Waals surface area contributed by atoms with Crippen LogP contribution in [-0.4, -0.2) is 27.8 Å². The lowest BCUT2D eigenvalue weighted by Crippen LogP contribution is -2.32. The summed E-state index contributed by atoms with van der Waals surface area (Å²) < 4.78 is 25.3. The molecule has 2 aromatic rings. The van der Waals surface area contributed by atoms with E-state index in [1.807, 2.05) is 60.7 Å². The first-order valence-electron chi connectivity index (χ1n) is 6.87. The van der Waals surface area contributed by atoms with Crippen LogP contribution in [0.1, 0.15) is 17.2 Å². The standard InChI is InChI=1S/C16H20N2O2S/c1-17-21(19,20)13-12-18-16(14-8-4-2-5-9-14)15-10-6-3-7-11-15/h2-11,16-18H,12-13H2,1H3. The molecule has 21 heavy (non-hydrogen) atoms. The van der Waals surface area contributed by atoms with Crippen LogP contribution >= 0.6 is 0 Å². The molecule has 0 aromatic heterocycles. The Morgan fingerprint density at radius 1 is 0.905 bits per heavy atom. The minimum atomic E-state index is -3.19. The molecule has 0 heterocycles. The van der Waals surface area contributed by atoms with Crippen LogP contribution in [0.2, 0.25) is 0 Å². The van der Waals surface area contributed by atoms with Crippen molar-refractivity contribution in [3.8, 4) is 0 Å². The Labute approximate surface area is 126 Å². The fraction of sp³-hybridized carbons (Fsp3) is 0.250. The van der Waals surface area contributed by atoms with Gasteiger partial charge < -0.3 is 5.32 Å². The van der Waals surface area contributed by atoms with E-state index in [9.17, 15) is 8.42 Å². The monoisotopic (exact) mass is 304 g/mol. The van der Waals surface area contributed by atoms with Gasteiger partial charge in [-0.1, -0.05) is 60.7 Å². The molecule has 0 spiro atoms. The molecule has 0 saturated carbocycles. The van der Waals surface area contributed by atoms with Gasteiger partial charge in [0.15, 0.2) is 0 Å². The van der Waals surface area contributed by atoms with Crippen LogP contribution in [0.15, 0.2) is 60.7 Å². The SMILES string of the molecule is CNS(=O)(=O)CCNC(c1ccccc1)c1ccccc1. The Kier molecular flexibility index (Phi) is 5.50. The smallest absolute Gasteiger partial charge is 0.212 e. The Bertz CT molecular complexity index is 603. The number of hydrogen-bond donors (Lipinski definition) is 2. The van der Waals surface area contributed by atoms with Gasteiger partial charge in [0, 0.05) is 6.54 Å². The number of rotatable bonds is 7. The summed E-state index contributed by atoms with van der Waals surface area (Å²) in [4.78, 5) is 0. The number of nitrogens with one attached hydrogen (secondary N) is 2. The van der Waals surface area contributed by atoms with E-state index in [0.29, 0.717) is 6.54 Å². The van der Waals surface area contributed by atoms with Gasteiger partial charge in [-0.2, -0.15) is 0 Å². The van der Waals surface area contributed by atoms with Gasteiger partial charge in [-0.05, 0) is 18.2 Å². The lowest BCUT2D eigenvalue weighted by Gasteiger charge is -2.19. The second-order valence-electron chi connectivity index (χ2n) is 4.73. The van der Waals surface area contributed by atoms with Crippen molar-refractivity contribution in [2.24, 2.45) is 0 Å². The second kappa shape index (κ2) is 7.36. The van der Waals surface area contributed by atoms with E-state index in [-0.39, 0.29) is 11.8 Å².